The SMILES string of the molecule is O=C1CC[C@H]2[C@H]3Cc4ccc(O)cc4[C@@]2(CCN3CC2CC2Cc2ccccc2)C1. The maximum atomic E-state index is 12.5. The summed E-state index contributed by atoms with van der Waals surface area (Å²) in [6, 6.07) is 17.4. The molecule has 3 aliphatic carbocycles. The predicted molar refractivity (Wildman–Crippen MR) is 118 cm³/mol. The molecule has 156 valence electrons. The van der Waals surface area contributed by atoms with Crippen molar-refractivity contribution in [3.05, 3.63) is 65.2 Å². The summed E-state index contributed by atoms with van der Waals surface area (Å²) >= 11 is 0. The molecule has 0 radical (unpaired) electrons. The summed E-state index contributed by atoms with van der Waals surface area (Å²) in [6.45, 7) is 2.31. The molecular weight excluding hydrogens is 370 g/mol. The van der Waals surface area contributed by atoms with Crippen molar-refractivity contribution in [2.24, 2.45) is 17.8 Å². The molecule has 2 aromatic carbocycles. The van der Waals surface area contributed by atoms with E-state index in [1.807, 2.05) is 12.1 Å². The van der Waals surface area contributed by atoms with Crippen LogP contribution in [0.3, 0.4) is 0 Å². The van der Waals surface area contributed by atoms with Crippen molar-refractivity contribution in [1.29, 1.82) is 0 Å². The number of fused-ring (bicyclic) bond motifs is 1. The molecule has 2 bridgehead atoms. The van der Waals surface area contributed by atoms with Crippen LogP contribution in [0.4, 0.5) is 0 Å². The fraction of sp³-hybridized carbons (Fsp3) is 0.519. The summed E-state index contributed by atoms with van der Waals surface area (Å²) < 4.78 is 0. The van der Waals surface area contributed by atoms with Gasteiger partial charge < -0.3 is 5.11 Å². The first kappa shape index (κ1) is 18.6. The zero-order chi connectivity index (χ0) is 20.3. The third-order valence-corrected chi connectivity index (χ3v) is 8.67. The van der Waals surface area contributed by atoms with Gasteiger partial charge in [0.2, 0.25) is 0 Å². The third-order valence-electron chi connectivity index (χ3n) is 8.67. The van der Waals surface area contributed by atoms with Crippen LogP contribution in [-0.2, 0) is 23.1 Å². The van der Waals surface area contributed by atoms with Crippen molar-refractivity contribution in [2.75, 3.05) is 13.1 Å². The number of aromatic hydroxyl groups is 1. The number of nitrogens with zero attached hydrogens (tertiary/aromatic N) is 1. The van der Waals surface area contributed by atoms with E-state index < -0.39 is 0 Å². The third kappa shape index (κ3) is 3.01. The quantitative estimate of drug-likeness (QED) is 0.820. The lowest BCUT2D eigenvalue weighted by molar-refractivity contribution is -0.127. The van der Waals surface area contributed by atoms with Gasteiger partial charge in [-0.25, -0.2) is 0 Å². The van der Waals surface area contributed by atoms with Gasteiger partial charge in [-0.3, -0.25) is 9.69 Å². The molecule has 5 atom stereocenters. The first-order chi connectivity index (χ1) is 14.6. The molecule has 1 N–H and O–H groups in total. The molecule has 4 aliphatic rings. The van der Waals surface area contributed by atoms with E-state index in [0.29, 0.717) is 29.9 Å². The number of hydrogen-bond acceptors (Lipinski definition) is 3. The summed E-state index contributed by atoms with van der Waals surface area (Å²) in [6.07, 6.45) is 7.15. The van der Waals surface area contributed by atoms with Gasteiger partial charge in [-0.1, -0.05) is 36.4 Å². The fourth-order valence-electron chi connectivity index (χ4n) is 7.12. The van der Waals surface area contributed by atoms with Crippen molar-refractivity contribution >= 4 is 5.78 Å². The van der Waals surface area contributed by atoms with E-state index in [0.717, 1.165) is 44.1 Å². The Kier molecular flexibility index (Phi) is 4.31. The lowest BCUT2D eigenvalue weighted by Crippen LogP contribution is -2.62. The number of carbonyl (C=O) groups excluding carboxylic acids is 1. The van der Waals surface area contributed by atoms with Crippen molar-refractivity contribution in [1.82, 2.24) is 4.90 Å². The summed E-state index contributed by atoms with van der Waals surface area (Å²) in [4.78, 5) is 15.3. The fourth-order valence-corrected chi connectivity index (χ4v) is 7.12. The van der Waals surface area contributed by atoms with Crippen LogP contribution in [0, 0.1) is 17.8 Å². The molecule has 2 saturated carbocycles. The predicted octanol–water partition coefficient (Wildman–Crippen LogP) is 4.51. The number of ketones is 1. The highest BCUT2D eigenvalue weighted by atomic mass is 16.3. The summed E-state index contributed by atoms with van der Waals surface area (Å²) in [7, 11) is 0. The monoisotopic (exact) mass is 401 g/mol. The van der Waals surface area contributed by atoms with E-state index in [-0.39, 0.29) is 5.41 Å². The van der Waals surface area contributed by atoms with Crippen LogP contribution in [0.15, 0.2) is 48.5 Å². The van der Waals surface area contributed by atoms with E-state index in [1.165, 1.54) is 36.1 Å². The Morgan fingerprint density at radius 1 is 1.10 bits per heavy atom. The molecule has 3 nitrogen and oxygen atoms in total. The molecule has 2 aromatic rings. The number of rotatable bonds is 4. The van der Waals surface area contributed by atoms with Gasteiger partial charge in [-0.15, -0.1) is 0 Å². The second-order valence-corrected chi connectivity index (χ2v) is 10.3. The van der Waals surface area contributed by atoms with Crippen LogP contribution in [0.2, 0.25) is 0 Å². The maximum absolute atomic E-state index is 12.5. The number of benzene rings is 2. The van der Waals surface area contributed by atoms with E-state index in [9.17, 15) is 9.90 Å². The molecular formula is C27H31NO2. The Labute approximate surface area is 179 Å². The van der Waals surface area contributed by atoms with E-state index >= 15 is 0 Å². The second kappa shape index (κ2) is 6.95. The standard InChI is InChI=1S/C27H31NO2/c29-22-7-6-19-14-26-24-9-8-23(30)16-27(24,25(19)15-22)10-11-28(26)17-21-13-20(21)12-18-4-2-1-3-5-18/h1-7,15,20-21,24,26,29H,8-14,16-17H2/t20?,21?,24-,26+,27-/m0/s1. The minimum absolute atomic E-state index is 0.0319. The number of phenolic OH excluding ortho intramolecular Hbond substituents is 1. The topological polar surface area (TPSA) is 40.5 Å². The first-order valence-electron chi connectivity index (χ1n) is 11.7. The molecule has 3 heteroatoms. The van der Waals surface area contributed by atoms with Gasteiger partial charge in [0, 0.05) is 30.8 Å². The van der Waals surface area contributed by atoms with Gasteiger partial charge in [0.25, 0.3) is 0 Å². The molecule has 6 rings (SSSR count). The number of phenols is 1. The van der Waals surface area contributed by atoms with Gasteiger partial charge >= 0.3 is 0 Å². The van der Waals surface area contributed by atoms with Gasteiger partial charge in [0.05, 0.1) is 0 Å². The summed E-state index contributed by atoms with van der Waals surface area (Å²) in [5, 5.41) is 10.2. The minimum Gasteiger partial charge on any atom is -0.508 e. The molecule has 1 heterocycles. The molecule has 1 saturated heterocycles. The summed E-state index contributed by atoms with van der Waals surface area (Å²) in [5.74, 6) is 2.98. The highest BCUT2D eigenvalue weighted by Gasteiger charge is 2.56. The average molecular weight is 402 g/mol. The van der Waals surface area contributed by atoms with Crippen molar-refractivity contribution in [3.63, 3.8) is 0 Å². The highest BCUT2D eigenvalue weighted by Crippen LogP contribution is 2.56. The van der Waals surface area contributed by atoms with E-state index in [1.54, 1.807) is 0 Å². The molecule has 1 aliphatic heterocycles. The lowest BCUT2D eigenvalue weighted by atomic mass is 9.52. The number of Topliss-reactive ketones (excluding diaryl/α,β-unsaturated/α-hetero) is 1. The summed E-state index contributed by atoms with van der Waals surface area (Å²) in [5.41, 5.74) is 4.09. The van der Waals surface area contributed by atoms with Crippen LogP contribution in [0.5, 0.6) is 5.75 Å². The van der Waals surface area contributed by atoms with Crippen LogP contribution in [-0.4, -0.2) is 34.9 Å². The van der Waals surface area contributed by atoms with E-state index in [2.05, 4.69) is 41.3 Å². The molecule has 0 aromatic heterocycles. The Hall–Kier alpha value is -2.13. The molecule has 2 unspecified atom stereocenters. The van der Waals surface area contributed by atoms with E-state index in [4.69, 9.17) is 0 Å². The van der Waals surface area contributed by atoms with Gasteiger partial charge in [0.1, 0.15) is 11.5 Å². The van der Waals surface area contributed by atoms with Crippen LogP contribution < -0.4 is 0 Å². The van der Waals surface area contributed by atoms with Crippen LogP contribution in [0.25, 0.3) is 0 Å². The Morgan fingerprint density at radius 3 is 2.83 bits per heavy atom. The number of likely N-dealkylation sites (tertiary alicyclic amines) is 1. The maximum Gasteiger partial charge on any atom is 0.133 e. The molecule has 0 spiro atoms. The second-order valence-electron chi connectivity index (χ2n) is 10.3. The number of piperidine rings is 1. The zero-order valence-corrected chi connectivity index (χ0v) is 17.6. The van der Waals surface area contributed by atoms with Crippen molar-refractivity contribution in [3.8, 4) is 5.75 Å². The number of carbonyl (C=O) groups is 1. The van der Waals surface area contributed by atoms with Crippen molar-refractivity contribution in [2.45, 2.75) is 56.4 Å². The average Bonchev–Trinajstić information content (AvgIpc) is 3.48. The van der Waals surface area contributed by atoms with Crippen LogP contribution >= 0.6 is 0 Å². The normalized spacial score (nSPS) is 34.9. The van der Waals surface area contributed by atoms with Gasteiger partial charge in [-0.05, 0) is 85.2 Å². The van der Waals surface area contributed by atoms with Crippen molar-refractivity contribution < 1.29 is 9.90 Å². The van der Waals surface area contributed by atoms with Gasteiger partial charge in [0.15, 0.2) is 0 Å². The smallest absolute Gasteiger partial charge is 0.133 e. The Bertz CT molecular complexity index is 970. The molecule has 0 amide bonds. The minimum atomic E-state index is -0.0319. The largest absolute Gasteiger partial charge is 0.508 e. The Balaban J connectivity index is 1.23. The zero-order valence-electron chi connectivity index (χ0n) is 17.6. The Morgan fingerprint density at radius 2 is 1.97 bits per heavy atom. The van der Waals surface area contributed by atoms with Gasteiger partial charge in [-0.2, -0.15) is 0 Å². The highest BCUT2D eigenvalue weighted by molar-refractivity contribution is 5.81. The first-order valence-corrected chi connectivity index (χ1v) is 11.7. The lowest BCUT2D eigenvalue weighted by Gasteiger charge is -2.58. The molecule has 3 fully saturated rings. The number of hydrogen-bond donors (Lipinski definition) is 1. The van der Waals surface area contributed by atoms with Crippen LogP contribution in [0.1, 0.15) is 48.8 Å². The molecule has 30 heavy (non-hydrogen) atoms.